The lowest BCUT2D eigenvalue weighted by molar-refractivity contribution is -0.117. The third-order valence-corrected chi connectivity index (χ3v) is 6.54. The Morgan fingerprint density at radius 1 is 1.07 bits per heavy atom. The minimum Gasteiger partial charge on any atom is -0.497 e. The molecule has 3 rings (SSSR count). The van der Waals surface area contributed by atoms with Crippen LogP contribution in [-0.4, -0.2) is 28.0 Å². The molecule has 29 heavy (non-hydrogen) atoms. The van der Waals surface area contributed by atoms with Gasteiger partial charge in [-0.2, -0.15) is 0 Å². The number of ether oxygens (including phenoxy) is 1. The van der Waals surface area contributed by atoms with Gasteiger partial charge in [0.15, 0.2) is 0 Å². The molecular weight excluding hydrogens is 388 g/mol. The van der Waals surface area contributed by atoms with E-state index in [1.807, 2.05) is 24.3 Å². The van der Waals surface area contributed by atoms with E-state index in [-0.39, 0.29) is 16.8 Å². The zero-order valence-electron chi connectivity index (χ0n) is 17.1. The molecule has 0 bridgehead atoms. The van der Waals surface area contributed by atoms with Gasteiger partial charge in [-0.25, -0.2) is 13.1 Å². The number of anilines is 1. The number of nitrogens with one attached hydrogen (secondary N) is 1. The first-order valence-corrected chi connectivity index (χ1v) is 11.3. The summed E-state index contributed by atoms with van der Waals surface area (Å²) in [5, 5.41) is 0. The second-order valence-electron chi connectivity index (χ2n) is 7.72. The Kier molecular flexibility index (Phi) is 6.59. The lowest BCUT2D eigenvalue weighted by Gasteiger charge is -2.22. The highest BCUT2D eigenvalue weighted by Gasteiger charge is 2.24. The largest absolute Gasteiger partial charge is 0.497 e. The molecule has 0 aliphatic carbocycles. The lowest BCUT2D eigenvalue weighted by atomic mass is 9.98. The van der Waals surface area contributed by atoms with Gasteiger partial charge >= 0.3 is 0 Å². The maximum absolute atomic E-state index is 13.0. The second-order valence-corrected chi connectivity index (χ2v) is 9.43. The van der Waals surface area contributed by atoms with E-state index in [1.165, 1.54) is 0 Å². The molecule has 1 aliphatic heterocycles. The zero-order valence-corrected chi connectivity index (χ0v) is 17.9. The number of methoxy groups -OCH3 is 1. The monoisotopic (exact) mass is 416 g/mol. The summed E-state index contributed by atoms with van der Waals surface area (Å²) in [6, 6.07) is 13.6. The van der Waals surface area contributed by atoms with Crippen LogP contribution in [0.2, 0.25) is 0 Å². The summed E-state index contributed by atoms with van der Waals surface area (Å²) in [5.74, 6) is 1.12. The molecule has 1 N–H and O–H groups in total. The van der Waals surface area contributed by atoms with Gasteiger partial charge in [-0.3, -0.25) is 4.79 Å². The maximum atomic E-state index is 13.0. The van der Waals surface area contributed by atoms with Crippen molar-refractivity contribution >= 4 is 21.6 Å². The molecule has 7 heteroatoms. The van der Waals surface area contributed by atoms with Crippen molar-refractivity contribution in [3.63, 3.8) is 0 Å². The first-order valence-electron chi connectivity index (χ1n) is 9.87. The molecule has 0 radical (unpaired) electrons. The number of carbonyl (C=O) groups excluding carboxylic acids is 1. The fourth-order valence-corrected chi connectivity index (χ4v) is 4.78. The van der Waals surface area contributed by atoms with Crippen LogP contribution in [0.1, 0.15) is 44.7 Å². The average molecular weight is 417 g/mol. The van der Waals surface area contributed by atoms with E-state index in [9.17, 15) is 13.2 Å². The molecule has 1 atom stereocenters. The SMILES string of the molecule is COc1ccc([C@H](CC(C)C)NS(=O)(=O)c2ccc(N3CCCC3=O)cc2)cc1. The van der Waals surface area contributed by atoms with E-state index in [1.54, 1.807) is 36.3 Å². The standard InChI is InChI=1S/C22H28N2O4S/c1-16(2)15-21(17-6-10-19(28-3)11-7-17)23-29(26,27)20-12-8-18(9-13-20)24-14-4-5-22(24)25/h6-13,16,21,23H,4-5,14-15H2,1-3H3/t21-/m0/s1. The minimum absolute atomic E-state index is 0.0789. The molecule has 2 aromatic rings. The quantitative estimate of drug-likeness (QED) is 0.708. The Balaban J connectivity index is 1.81. The van der Waals surface area contributed by atoms with Gasteiger partial charge in [0.25, 0.3) is 0 Å². The summed E-state index contributed by atoms with van der Waals surface area (Å²) in [7, 11) is -2.11. The van der Waals surface area contributed by atoms with Crippen molar-refractivity contribution in [3.8, 4) is 5.75 Å². The topological polar surface area (TPSA) is 75.7 Å². The number of hydrogen-bond donors (Lipinski definition) is 1. The van der Waals surface area contributed by atoms with Crippen LogP contribution in [0.4, 0.5) is 5.69 Å². The first-order chi connectivity index (χ1) is 13.8. The summed E-state index contributed by atoms with van der Waals surface area (Å²) in [6.45, 7) is 4.80. The minimum atomic E-state index is -3.71. The summed E-state index contributed by atoms with van der Waals surface area (Å²) in [5.41, 5.74) is 1.63. The molecular formula is C22H28N2O4S. The molecule has 1 heterocycles. The molecule has 1 fully saturated rings. The third-order valence-electron chi connectivity index (χ3n) is 5.05. The van der Waals surface area contributed by atoms with Crippen LogP contribution in [-0.2, 0) is 14.8 Å². The highest BCUT2D eigenvalue weighted by molar-refractivity contribution is 7.89. The maximum Gasteiger partial charge on any atom is 0.241 e. The number of sulfonamides is 1. The Morgan fingerprint density at radius 2 is 1.72 bits per heavy atom. The number of rotatable bonds is 8. The molecule has 1 saturated heterocycles. The highest BCUT2D eigenvalue weighted by atomic mass is 32.2. The fourth-order valence-electron chi connectivity index (χ4n) is 3.54. The van der Waals surface area contributed by atoms with E-state index in [4.69, 9.17) is 4.74 Å². The Labute approximate surface area is 172 Å². The molecule has 6 nitrogen and oxygen atoms in total. The van der Waals surface area contributed by atoms with Gasteiger partial charge in [-0.1, -0.05) is 26.0 Å². The first kappa shape index (κ1) is 21.3. The zero-order chi connectivity index (χ0) is 21.0. The van der Waals surface area contributed by atoms with Gasteiger partial charge in [0, 0.05) is 24.7 Å². The van der Waals surface area contributed by atoms with Crippen LogP contribution in [0.5, 0.6) is 5.75 Å². The number of amides is 1. The lowest BCUT2D eigenvalue weighted by Crippen LogP contribution is -2.30. The van der Waals surface area contributed by atoms with E-state index >= 15 is 0 Å². The van der Waals surface area contributed by atoms with Gasteiger partial charge in [0.1, 0.15) is 5.75 Å². The van der Waals surface area contributed by atoms with Crippen LogP contribution < -0.4 is 14.4 Å². The van der Waals surface area contributed by atoms with E-state index in [0.717, 1.165) is 23.4 Å². The Morgan fingerprint density at radius 3 is 2.24 bits per heavy atom. The van der Waals surface area contributed by atoms with Crippen LogP contribution in [0.3, 0.4) is 0 Å². The van der Waals surface area contributed by atoms with Crippen LogP contribution in [0.15, 0.2) is 53.4 Å². The van der Waals surface area contributed by atoms with Crippen LogP contribution in [0.25, 0.3) is 0 Å². The van der Waals surface area contributed by atoms with Gasteiger partial charge in [0.05, 0.1) is 12.0 Å². The van der Waals surface area contributed by atoms with E-state index in [0.29, 0.717) is 25.3 Å². The Hall–Kier alpha value is -2.38. The molecule has 2 aromatic carbocycles. The van der Waals surface area contributed by atoms with Crippen molar-refractivity contribution in [2.24, 2.45) is 5.92 Å². The van der Waals surface area contributed by atoms with Crippen LogP contribution in [0, 0.1) is 5.92 Å². The van der Waals surface area contributed by atoms with Gasteiger partial charge in [0.2, 0.25) is 15.9 Å². The fraction of sp³-hybridized carbons (Fsp3) is 0.409. The summed E-state index contributed by atoms with van der Waals surface area (Å²) in [6.07, 6.45) is 2.05. The number of benzene rings is 2. The second kappa shape index (κ2) is 8.97. The predicted octanol–water partition coefficient (Wildman–Crippen LogP) is 3.89. The van der Waals surface area contributed by atoms with Crippen molar-refractivity contribution in [3.05, 3.63) is 54.1 Å². The molecule has 0 aromatic heterocycles. The Bertz CT molecular complexity index is 938. The summed E-state index contributed by atoms with van der Waals surface area (Å²) < 4.78 is 34.0. The van der Waals surface area contributed by atoms with Crippen molar-refractivity contribution in [1.29, 1.82) is 0 Å². The molecule has 1 amide bonds. The van der Waals surface area contributed by atoms with Crippen molar-refractivity contribution < 1.29 is 17.9 Å². The van der Waals surface area contributed by atoms with Gasteiger partial charge < -0.3 is 9.64 Å². The number of carbonyl (C=O) groups is 1. The highest BCUT2D eigenvalue weighted by Crippen LogP contribution is 2.27. The van der Waals surface area contributed by atoms with Crippen molar-refractivity contribution in [1.82, 2.24) is 4.72 Å². The number of nitrogens with zero attached hydrogens (tertiary/aromatic N) is 1. The van der Waals surface area contributed by atoms with E-state index in [2.05, 4.69) is 18.6 Å². The van der Waals surface area contributed by atoms with E-state index < -0.39 is 10.0 Å². The molecule has 156 valence electrons. The summed E-state index contributed by atoms with van der Waals surface area (Å²) >= 11 is 0. The number of hydrogen-bond acceptors (Lipinski definition) is 4. The van der Waals surface area contributed by atoms with Gasteiger partial charge in [-0.05, 0) is 60.7 Å². The van der Waals surface area contributed by atoms with Crippen molar-refractivity contribution in [2.75, 3.05) is 18.6 Å². The van der Waals surface area contributed by atoms with Crippen LogP contribution >= 0.6 is 0 Å². The van der Waals surface area contributed by atoms with Crippen molar-refractivity contribution in [2.45, 2.75) is 44.0 Å². The molecule has 1 aliphatic rings. The summed E-state index contributed by atoms with van der Waals surface area (Å²) in [4.78, 5) is 13.8. The molecule has 0 saturated carbocycles. The predicted molar refractivity (Wildman–Crippen MR) is 114 cm³/mol. The molecule has 0 spiro atoms. The van der Waals surface area contributed by atoms with Gasteiger partial charge in [-0.15, -0.1) is 0 Å². The average Bonchev–Trinajstić information content (AvgIpc) is 3.13. The molecule has 0 unspecified atom stereocenters. The normalized spacial score (nSPS) is 15.7. The third kappa shape index (κ3) is 5.16. The smallest absolute Gasteiger partial charge is 0.241 e.